The minimum Gasteiger partial charge on any atom is -0.469 e. The molecule has 0 radical (unpaired) electrons. The van der Waals surface area contributed by atoms with Crippen LogP contribution >= 0.6 is 0 Å². The molecule has 3 nitrogen and oxygen atoms in total. The summed E-state index contributed by atoms with van der Waals surface area (Å²) in [7, 11) is 1.42. The Balaban J connectivity index is 1.86. The van der Waals surface area contributed by atoms with E-state index in [2.05, 4.69) is 0 Å². The van der Waals surface area contributed by atoms with Crippen LogP contribution in [0.2, 0.25) is 0 Å². The van der Waals surface area contributed by atoms with Crippen LogP contribution in [0.4, 0.5) is 8.78 Å². The first-order chi connectivity index (χ1) is 12.1. The highest BCUT2D eigenvalue weighted by Crippen LogP contribution is 2.22. The Labute approximate surface area is 146 Å². The smallest absolute Gasteiger partial charge is 0.309 e. The second-order valence-corrected chi connectivity index (χ2v) is 6.49. The molecule has 132 valence electrons. The third kappa shape index (κ3) is 4.04. The molecule has 0 aromatic heterocycles. The van der Waals surface area contributed by atoms with Gasteiger partial charge in [-0.3, -0.25) is 4.79 Å². The van der Waals surface area contributed by atoms with Crippen LogP contribution in [-0.2, 0) is 9.53 Å². The number of halogens is 2. The zero-order chi connectivity index (χ0) is 17.8. The molecule has 0 saturated carbocycles. The topological polar surface area (TPSA) is 30.7 Å². The molecule has 1 aliphatic rings. The normalized spacial score (nSPS) is 20.5. The van der Waals surface area contributed by atoms with Crippen molar-refractivity contribution in [2.45, 2.75) is 18.9 Å². The summed E-state index contributed by atoms with van der Waals surface area (Å²) in [6.07, 6.45) is 1.50. The zero-order valence-electron chi connectivity index (χ0n) is 14.2. The molecule has 5 heteroatoms. The van der Waals surface area contributed by atoms with Gasteiger partial charge in [-0.1, -0.05) is 0 Å². The fourth-order valence-corrected chi connectivity index (χ4v) is 3.65. The molecule has 0 bridgehead atoms. The van der Waals surface area contributed by atoms with Crippen molar-refractivity contribution >= 4 is 5.97 Å². The molecule has 1 heterocycles. The summed E-state index contributed by atoms with van der Waals surface area (Å²) in [4.78, 5) is 13.0. The van der Waals surface area contributed by atoms with Gasteiger partial charge in [0.1, 0.15) is 17.7 Å². The van der Waals surface area contributed by atoms with E-state index in [1.54, 1.807) is 24.3 Å². The summed E-state index contributed by atoms with van der Waals surface area (Å²) < 4.78 is 31.5. The van der Waals surface area contributed by atoms with Crippen molar-refractivity contribution in [1.82, 2.24) is 0 Å². The molecule has 0 amide bonds. The fraction of sp³-hybridized carbons (Fsp3) is 0.350. The lowest BCUT2D eigenvalue weighted by molar-refractivity contribution is -0.931. The first-order valence-corrected chi connectivity index (χ1v) is 8.52. The number of likely N-dealkylation sites (tertiary alicyclic amines) is 1. The predicted molar refractivity (Wildman–Crippen MR) is 90.1 cm³/mol. The Hall–Kier alpha value is -2.27. The van der Waals surface area contributed by atoms with Crippen molar-refractivity contribution in [3.63, 3.8) is 0 Å². The van der Waals surface area contributed by atoms with Crippen molar-refractivity contribution in [2.24, 2.45) is 5.92 Å². The van der Waals surface area contributed by atoms with E-state index in [4.69, 9.17) is 4.74 Å². The number of hydrogen-bond acceptors (Lipinski definition) is 2. The SMILES string of the molecule is COC(=O)C1CC[NH+](C(c2ccc(F)cc2)c2ccc(F)cc2)CC1. The lowest BCUT2D eigenvalue weighted by atomic mass is 9.91. The van der Waals surface area contributed by atoms with Gasteiger partial charge < -0.3 is 9.64 Å². The van der Waals surface area contributed by atoms with Crippen LogP contribution in [0, 0.1) is 17.6 Å². The minimum absolute atomic E-state index is 0.0141. The maximum absolute atomic E-state index is 13.3. The Morgan fingerprint density at radius 1 is 0.960 bits per heavy atom. The summed E-state index contributed by atoms with van der Waals surface area (Å²) in [5, 5.41) is 0. The molecule has 1 fully saturated rings. The molecule has 1 N–H and O–H groups in total. The fourth-order valence-electron chi connectivity index (χ4n) is 3.65. The van der Waals surface area contributed by atoms with Gasteiger partial charge in [0, 0.05) is 24.0 Å². The van der Waals surface area contributed by atoms with Crippen molar-refractivity contribution < 1.29 is 23.2 Å². The van der Waals surface area contributed by atoms with Crippen LogP contribution in [0.15, 0.2) is 48.5 Å². The Morgan fingerprint density at radius 2 is 1.40 bits per heavy atom. The molecule has 2 aromatic rings. The first kappa shape index (κ1) is 17.5. The molecular formula is C20H22F2NO2+. The molecule has 3 rings (SSSR count). The zero-order valence-corrected chi connectivity index (χ0v) is 14.2. The van der Waals surface area contributed by atoms with Gasteiger partial charge in [0.25, 0.3) is 0 Å². The highest BCUT2D eigenvalue weighted by Gasteiger charge is 2.33. The molecular weight excluding hydrogens is 324 g/mol. The van der Waals surface area contributed by atoms with Crippen molar-refractivity contribution in [2.75, 3.05) is 20.2 Å². The van der Waals surface area contributed by atoms with Crippen molar-refractivity contribution in [3.8, 4) is 0 Å². The highest BCUT2D eigenvalue weighted by molar-refractivity contribution is 5.72. The highest BCUT2D eigenvalue weighted by atomic mass is 19.1. The minimum atomic E-state index is -0.277. The van der Waals surface area contributed by atoms with Crippen LogP contribution in [0.25, 0.3) is 0 Å². The van der Waals surface area contributed by atoms with Crippen LogP contribution < -0.4 is 4.90 Å². The van der Waals surface area contributed by atoms with E-state index in [9.17, 15) is 13.6 Å². The number of quaternary nitrogens is 1. The lowest BCUT2D eigenvalue weighted by Gasteiger charge is -2.34. The lowest BCUT2D eigenvalue weighted by Crippen LogP contribution is -3.13. The van der Waals surface area contributed by atoms with Crippen LogP contribution in [0.5, 0.6) is 0 Å². The van der Waals surface area contributed by atoms with E-state index in [-0.39, 0.29) is 29.6 Å². The number of nitrogens with one attached hydrogen (secondary N) is 1. The number of hydrogen-bond donors (Lipinski definition) is 1. The van der Waals surface area contributed by atoms with Crippen LogP contribution in [0.1, 0.15) is 30.0 Å². The maximum Gasteiger partial charge on any atom is 0.309 e. The average molecular weight is 346 g/mol. The molecule has 1 aliphatic heterocycles. The van der Waals surface area contributed by atoms with Gasteiger partial charge in [0.2, 0.25) is 0 Å². The Kier molecular flexibility index (Phi) is 5.43. The van der Waals surface area contributed by atoms with E-state index < -0.39 is 0 Å². The average Bonchev–Trinajstić information content (AvgIpc) is 2.65. The molecule has 25 heavy (non-hydrogen) atoms. The second-order valence-electron chi connectivity index (χ2n) is 6.49. The van der Waals surface area contributed by atoms with Gasteiger partial charge in [0.05, 0.1) is 26.1 Å². The standard InChI is InChI=1S/C20H21F2NO2/c1-25-20(24)16-10-12-23(13-11-16)19(14-2-6-17(21)7-3-14)15-4-8-18(22)9-5-15/h2-9,16,19H,10-13H2,1H3/p+1. The van der Waals surface area contributed by atoms with E-state index in [1.807, 2.05) is 0 Å². The summed E-state index contributed by atoms with van der Waals surface area (Å²) in [6, 6.07) is 12.9. The number of carbonyl (C=O) groups is 1. The summed E-state index contributed by atoms with van der Waals surface area (Å²) in [5.74, 6) is -0.767. The third-order valence-electron chi connectivity index (χ3n) is 4.98. The Bertz CT molecular complexity index is 662. The number of carbonyl (C=O) groups excluding carboxylic acids is 1. The summed E-state index contributed by atoms with van der Waals surface area (Å²) >= 11 is 0. The van der Waals surface area contributed by atoms with Crippen LogP contribution in [0.3, 0.4) is 0 Å². The molecule has 0 atom stereocenters. The first-order valence-electron chi connectivity index (χ1n) is 8.52. The number of benzene rings is 2. The predicted octanol–water partition coefficient (Wildman–Crippen LogP) is 2.52. The van der Waals surface area contributed by atoms with Gasteiger partial charge in [0.15, 0.2) is 0 Å². The monoisotopic (exact) mass is 346 g/mol. The molecule has 0 spiro atoms. The number of rotatable bonds is 4. The summed E-state index contributed by atoms with van der Waals surface area (Å²) in [5.41, 5.74) is 1.97. The van der Waals surface area contributed by atoms with E-state index in [0.717, 1.165) is 37.1 Å². The van der Waals surface area contributed by atoms with Gasteiger partial charge in [-0.25, -0.2) is 8.78 Å². The number of piperidine rings is 1. The third-order valence-corrected chi connectivity index (χ3v) is 4.98. The van der Waals surface area contributed by atoms with E-state index >= 15 is 0 Å². The van der Waals surface area contributed by atoms with Gasteiger partial charge in [-0.05, 0) is 48.5 Å². The summed E-state index contributed by atoms with van der Waals surface area (Å²) in [6.45, 7) is 1.61. The van der Waals surface area contributed by atoms with Gasteiger partial charge in [-0.15, -0.1) is 0 Å². The number of esters is 1. The van der Waals surface area contributed by atoms with Crippen molar-refractivity contribution in [1.29, 1.82) is 0 Å². The number of ether oxygens (including phenoxy) is 1. The largest absolute Gasteiger partial charge is 0.469 e. The molecule has 0 unspecified atom stereocenters. The van der Waals surface area contributed by atoms with Crippen molar-refractivity contribution in [3.05, 3.63) is 71.3 Å². The van der Waals surface area contributed by atoms with E-state index in [1.165, 1.54) is 36.3 Å². The number of methoxy groups -OCH3 is 1. The second kappa shape index (κ2) is 7.74. The van der Waals surface area contributed by atoms with Crippen LogP contribution in [-0.4, -0.2) is 26.2 Å². The Morgan fingerprint density at radius 3 is 1.80 bits per heavy atom. The van der Waals surface area contributed by atoms with Gasteiger partial charge >= 0.3 is 5.97 Å². The van der Waals surface area contributed by atoms with Gasteiger partial charge in [-0.2, -0.15) is 0 Å². The van der Waals surface area contributed by atoms with E-state index in [0.29, 0.717) is 0 Å². The molecule has 2 aromatic carbocycles. The maximum atomic E-state index is 13.3. The molecule has 0 aliphatic carbocycles. The quantitative estimate of drug-likeness (QED) is 0.863. The molecule has 1 saturated heterocycles.